The lowest BCUT2D eigenvalue weighted by Gasteiger charge is -2.19. The van der Waals surface area contributed by atoms with Crippen molar-refractivity contribution in [2.45, 2.75) is 26.4 Å². The van der Waals surface area contributed by atoms with Crippen LogP contribution in [-0.2, 0) is 9.47 Å². The molecule has 0 saturated carbocycles. The number of halogens is 1. The molecule has 1 amide bonds. The first-order valence-electron chi connectivity index (χ1n) is 7.84. The minimum atomic E-state index is -0.571. The summed E-state index contributed by atoms with van der Waals surface area (Å²) in [6, 6.07) is 11.7. The minimum Gasteiger partial charge on any atom is -0.465 e. The third kappa shape index (κ3) is 5.77. The van der Waals surface area contributed by atoms with Crippen LogP contribution in [0.3, 0.4) is 0 Å². The van der Waals surface area contributed by atoms with E-state index in [4.69, 9.17) is 14.2 Å². The predicted molar refractivity (Wildman–Crippen MR) is 102 cm³/mol. The zero-order chi connectivity index (χ0) is 19.3. The van der Waals surface area contributed by atoms with Gasteiger partial charge in [0.1, 0.15) is 22.7 Å². The van der Waals surface area contributed by atoms with E-state index in [0.717, 1.165) is 4.47 Å². The molecule has 0 aliphatic heterocycles. The van der Waals surface area contributed by atoms with Crippen LogP contribution in [0.5, 0.6) is 11.5 Å². The quantitative estimate of drug-likeness (QED) is 0.671. The molecule has 6 nitrogen and oxygen atoms in total. The molecule has 0 aliphatic carbocycles. The molecule has 0 bridgehead atoms. The molecule has 26 heavy (non-hydrogen) atoms. The van der Waals surface area contributed by atoms with E-state index in [2.05, 4.69) is 21.2 Å². The third-order valence-corrected chi connectivity index (χ3v) is 3.57. The SMILES string of the molecule is COC(=O)c1ccc(Br)cc1Oc1ccc(NC(=O)OC(C)(C)C)cc1. The zero-order valence-corrected chi connectivity index (χ0v) is 16.5. The van der Waals surface area contributed by atoms with Crippen LogP contribution in [0.15, 0.2) is 46.9 Å². The predicted octanol–water partition coefficient (Wildman–Crippen LogP) is 5.38. The van der Waals surface area contributed by atoms with Gasteiger partial charge >= 0.3 is 12.1 Å². The third-order valence-electron chi connectivity index (χ3n) is 3.08. The second-order valence-electron chi connectivity index (χ2n) is 6.39. The summed E-state index contributed by atoms with van der Waals surface area (Å²) in [4.78, 5) is 23.6. The van der Waals surface area contributed by atoms with Gasteiger partial charge in [0.2, 0.25) is 0 Å². The first kappa shape index (κ1) is 19.8. The number of anilines is 1. The van der Waals surface area contributed by atoms with Gasteiger partial charge in [-0.3, -0.25) is 5.32 Å². The molecule has 0 aromatic heterocycles. The van der Waals surface area contributed by atoms with Gasteiger partial charge in [-0.05, 0) is 63.2 Å². The first-order chi connectivity index (χ1) is 12.2. The highest BCUT2D eigenvalue weighted by Gasteiger charge is 2.17. The number of nitrogens with one attached hydrogen (secondary N) is 1. The molecule has 0 fully saturated rings. The average molecular weight is 422 g/mol. The summed E-state index contributed by atoms with van der Waals surface area (Å²) in [6.07, 6.45) is -0.536. The maximum absolute atomic E-state index is 11.8. The normalized spacial score (nSPS) is 10.8. The Morgan fingerprint density at radius 3 is 2.27 bits per heavy atom. The van der Waals surface area contributed by atoms with E-state index >= 15 is 0 Å². The monoisotopic (exact) mass is 421 g/mol. The molecule has 0 unspecified atom stereocenters. The van der Waals surface area contributed by atoms with Crippen molar-refractivity contribution >= 4 is 33.7 Å². The van der Waals surface area contributed by atoms with E-state index in [1.165, 1.54) is 7.11 Å². The van der Waals surface area contributed by atoms with Crippen LogP contribution < -0.4 is 10.1 Å². The molecule has 2 rings (SSSR count). The van der Waals surface area contributed by atoms with Gasteiger partial charge in [-0.15, -0.1) is 0 Å². The van der Waals surface area contributed by atoms with Crippen molar-refractivity contribution in [3.63, 3.8) is 0 Å². The summed E-state index contributed by atoms with van der Waals surface area (Å²) in [6.45, 7) is 5.38. The minimum absolute atomic E-state index is 0.312. The van der Waals surface area contributed by atoms with Crippen LogP contribution in [0, 0.1) is 0 Å². The van der Waals surface area contributed by atoms with Crippen molar-refractivity contribution in [1.29, 1.82) is 0 Å². The molecule has 2 aromatic rings. The van der Waals surface area contributed by atoms with Crippen molar-refractivity contribution in [2.75, 3.05) is 12.4 Å². The Morgan fingerprint density at radius 1 is 1.04 bits per heavy atom. The molecular formula is C19H20BrNO5. The highest BCUT2D eigenvalue weighted by atomic mass is 79.9. The lowest BCUT2D eigenvalue weighted by Crippen LogP contribution is -2.27. The number of hydrogen-bond donors (Lipinski definition) is 1. The van der Waals surface area contributed by atoms with Gasteiger partial charge in [0.25, 0.3) is 0 Å². The number of methoxy groups -OCH3 is 1. The number of rotatable bonds is 4. The van der Waals surface area contributed by atoms with Crippen LogP contribution in [-0.4, -0.2) is 24.8 Å². The summed E-state index contributed by atoms with van der Waals surface area (Å²) >= 11 is 3.35. The van der Waals surface area contributed by atoms with Gasteiger partial charge in [0.05, 0.1) is 7.11 Å². The highest BCUT2D eigenvalue weighted by molar-refractivity contribution is 9.10. The van der Waals surface area contributed by atoms with Gasteiger partial charge in [0.15, 0.2) is 0 Å². The fourth-order valence-corrected chi connectivity index (χ4v) is 2.35. The van der Waals surface area contributed by atoms with Gasteiger partial charge in [-0.2, -0.15) is 0 Å². The summed E-state index contributed by atoms with van der Waals surface area (Å²) < 4.78 is 16.5. The summed E-state index contributed by atoms with van der Waals surface area (Å²) in [5, 5.41) is 2.64. The number of ether oxygens (including phenoxy) is 3. The summed E-state index contributed by atoms with van der Waals surface area (Å²) in [7, 11) is 1.31. The smallest absolute Gasteiger partial charge is 0.412 e. The molecule has 0 spiro atoms. The van der Waals surface area contributed by atoms with Crippen molar-refractivity contribution in [3.05, 3.63) is 52.5 Å². The standard InChI is InChI=1S/C19H20BrNO5/c1-19(2,3)26-18(23)21-13-6-8-14(9-7-13)25-16-11-12(20)5-10-15(16)17(22)24-4/h5-11H,1-4H3,(H,21,23). The largest absolute Gasteiger partial charge is 0.465 e. The Labute approximate surface area is 160 Å². The number of benzene rings is 2. The van der Waals surface area contributed by atoms with Gasteiger partial charge in [-0.1, -0.05) is 15.9 Å². The van der Waals surface area contributed by atoms with E-state index < -0.39 is 17.7 Å². The van der Waals surface area contributed by atoms with E-state index in [0.29, 0.717) is 22.7 Å². The Balaban J connectivity index is 2.11. The zero-order valence-electron chi connectivity index (χ0n) is 15.0. The molecular weight excluding hydrogens is 402 g/mol. The summed E-state index contributed by atoms with van der Waals surface area (Å²) in [5.41, 5.74) is 0.304. The van der Waals surface area contributed by atoms with Crippen LogP contribution >= 0.6 is 15.9 Å². The van der Waals surface area contributed by atoms with Gasteiger partial charge in [0, 0.05) is 10.2 Å². The van der Waals surface area contributed by atoms with E-state index in [1.807, 2.05) is 0 Å². The fraction of sp³-hybridized carbons (Fsp3) is 0.263. The average Bonchev–Trinajstić information content (AvgIpc) is 2.54. The molecule has 1 N–H and O–H groups in total. The number of carbonyl (C=O) groups is 2. The topological polar surface area (TPSA) is 73.9 Å². The van der Waals surface area contributed by atoms with Crippen LogP contribution in [0.25, 0.3) is 0 Å². The Kier molecular flexibility index (Phi) is 6.26. The number of carbonyl (C=O) groups excluding carboxylic acids is 2. The highest BCUT2D eigenvalue weighted by Crippen LogP contribution is 2.30. The van der Waals surface area contributed by atoms with E-state index in [1.54, 1.807) is 63.2 Å². The Hall–Kier alpha value is -2.54. The first-order valence-corrected chi connectivity index (χ1v) is 8.63. The molecule has 0 aliphatic rings. The van der Waals surface area contributed by atoms with E-state index in [-0.39, 0.29) is 0 Å². The van der Waals surface area contributed by atoms with Crippen molar-refractivity contribution in [2.24, 2.45) is 0 Å². The van der Waals surface area contributed by atoms with Crippen molar-refractivity contribution < 1.29 is 23.8 Å². The lowest BCUT2D eigenvalue weighted by atomic mass is 10.2. The molecule has 0 atom stereocenters. The van der Waals surface area contributed by atoms with Gasteiger partial charge in [-0.25, -0.2) is 9.59 Å². The lowest BCUT2D eigenvalue weighted by molar-refractivity contribution is 0.0595. The second-order valence-corrected chi connectivity index (χ2v) is 7.30. The van der Waals surface area contributed by atoms with Crippen molar-refractivity contribution in [3.8, 4) is 11.5 Å². The van der Waals surface area contributed by atoms with Crippen LogP contribution in [0.1, 0.15) is 31.1 Å². The molecule has 2 aromatic carbocycles. The molecule has 138 valence electrons. The Morgan fingerprint density at radius 2 is 1.69 bits per heavy atom. The number of esters is 1. The van der Waals surface area contributed by atoms with Crippen LogP contribution in [0.4, 0.5) is 10.5 Å². The maximum Gasteiger partial charge on any atom is 0.412 e. The number of hydrogen-bond acceptors (Lipinski definition) is 5. The summed E-state index contributed by atoms with van der Waals surface area (Å²) in [5.74, 6) is 0.373. The second kappa shape index (κ2) is 8.23. The molecule has 0 heterocycles. The number of amides is 1. The van der Waals surface area contributed by atoms with Crippen molar-refractivity contribution in [1.82, 2.24) is 0 Å². The maximum atomic E-state index is 11.8. The molecule has 0 radical (unpaired) electrons. The fourth-order valence-electron chi connectivity index (χ4n) is 2.01. The Bertz CT molecular complexity index is 797. The molecule has 0 saturated heterocycles. The van der Waals surface area contributed by atoms with Gasteiger partial charge < -0.3 is 14.2 Å². The van der Waals surface area contributed by atoms with Crippen LogP contribution in [0.2, 0.25) is 0 Å². The molecule has 7 heteroatoms. The van der Waals surface area contributed by atoms with E-state index in [9.17, 15) is 9.59 Å².